The van der Waals surface area contributed by atoms with Crippen LogP contribution < -0.4 is 10.6 Å². The molecule has 6 heteroatoms. The highest BCUT2D eigenvalue weighted by Gasteiger charge is 2.30. The molecule has 2 aromatic rings. The lowest BCUT2D eigenvalue weighted by Gasteiger charge is -2.20. The zero-order valence-corrected chi connectivity index (χ0v) is 14.0. The molecule has 3 rings (SSSR count). The quantitative estimate of drug-likeness (QED) is 0.883. The Labute approximate surface area is 141 Å². The molecule has 24 heavy (non-hydrogen) atoms. The van der Waals surface area contributed by atoms with Crippen molar-refractivity contribution >= 4 is 6.03 Å². The van der Waals surface area contributed by atoms with Crippen LogP contribution in [0.4, 0.5) is 4.79 Å². The molecular weight excluding hydrogens is 306 g/mol. The standard InChI is InChI=1S/C18H23N3O3/c1-12(2)16-10-14(24-21-16)11-19-18(22)20-15-8-9-23-17(15)13-6-4-3-5-7-13/h3-7,10,12,15,17H,8-9,11H2,1-2H3,(H2,19,20,22)/t15-,17-/m0/s1. The van der Waals surface area contributed by atoms with E-state index in [9.17, 15) is 4.79 Å². The Balaban J connectivity index is 1.52. The van der Waals surface area contributed by atoms with E-state index in [1.807, 2.05) is 50.2 Å². The molecule has 0 radical (unpaired) electrons. The van der Waals surface area contributed by atoms with Gasteiger partial charge in [-0.2, -0.15) is 0 Å². The Kier molecular flexibility index (Phi) is 5.15. The maximum Gasteiger partial charge on any atom is 0.315 e. The van der Waals surface area contributed by atoms with Gasteiger partial charge in [0.05, 0.1) is 18.3 Å². The van der Waals surface area contributed by atoms with Gasteiger partial charge in [-0.25, -0.2) is 4.79 Å². The predicted octanol–water partition coefficient (Wildman–Crippen LogP) is 3.13. The molecule has 0 bridgehead atoms. The normalized spacial score (nSPS) is 20.3. The fraction of sp³-hybridized carbons (Fsp3) is 0.444. The fourth-order valence-corrected chi connectivity index (χ4v) is 2.78. The summed E-state index contributed by atoms with van der Waals surface area (Å²) in [6, 6.07) is 11.6. The van der Waals surface area contributed by atoms with Crippen LogP contribution in [0.25, 0.3) is 0 Å². The third-order valence-electron chi connectivity index (χ3n) is 4.13. The van der Waals surface area contributed by atoms with Crippen LogP contribution in [0.5, 0.6) is 0 Å². The molecular formula is C18H23N3O3. The molecule has 1 aromatic carbocycles. The van der Waals surface area contributed by atoms with E-state index in [1.54, 1.807) is 0 Å². The van der Waals surface area contributed by atoms with Crippen molar-refractivity contribution in [3.05, 3.63) is 53.4 Å². The molecule has 1 saturated heterocycles. The summed E-state index contributed by atoms with van der Waals surface area (Å²) in [7, 11) is 0. The van der Waals surface area contributed by atoms with E-state index in [4.69, 9.17) is 9.26 Å². The lowest BCUT2D eigenvalue weighted by atomic mass is 10.0. The number of nitrogens with one attached hydrogen (secondary N) is 2. The van der Waals surface area contributed by atoms with Crippen LogP contribution in [-0.4, -0.2) is 23.8 Å². The van der Waals surface area contributed by atoms with Gasteiger partial charge in [-0.1, -0.05) is 49.3 Å². The Bertz CT molecular complexity index is 669. The molecule has 1 fully saturated rings. The van der Waals surface area contributed by atoms with Crippen molar-refractivity contribution in [2.75, 3.05) is 6.61 Å². The molecule has 128 valence electrons. The van der Waals surface area contributed by atoms with Gasteiger partial charge in [-0.15, -0.1) is 0 Å². The molecule has 0 unspecified atom stereocenters. The molecule has 2 N–H and O–H groups in total. The van der Waals surface area contributed by atoms with E-state index < -0.39 is 0 Å². The summed E-state index contributed by atoms with van der Waals surface area (Å²) in [6.45, 7) is 5.05. The summed E-state index contributed by atoms with van der Waals surface area (Å²) >= 11 is 0. The van der Waals surface area contributed by atoms with Gasteiger partial charge >= 0.3 is 6.03 Å². The number of rotatable bonds is 5. The zero-order chi connectivity index (χ0) is 16.9. The van der Waals surface area contributed by atoms with E-state index in [-0.39, 0.29) is 18.2 Å². The smallest absolute Gasteiger partial charge is 0.315 e. The number of benzene rings is 1. The van der Waals surface area contributed by atoms with Crippen molar-refractivity contribution in [2.24, 2.45) is 0 Å². The van der Waals surface area contributed by atoms with Crippen molar-refractivity contribution in [3.8, 4) is 0 Å². The summed E-state index contributed by atoms with van der Waals surface area (Å²) in [4.78, 5) is 12.2. The molecule has 2 heterocycles. The highest BCUT2D eigenvalue weighted by molar-refractivity contribution is 5.74. The van der Waals surface area contributed by atoms with Crippen LogP contribution in [0.3, 0.4) is 0 Å². The molecule has 2 atom stereocenters. The third-order valence-corrected chi connectivity index (χ3v) is 4.13. The Morgan fingerprint density at radius 1 is 1.33 bits per heavy atom. The molecule has 1 aromatic heterocycles. The van der Waals surface area contributed by atoms with Crippen LogP contribution in [0.15, 0.2) is 40.9 Å². The number of ether oxygens (including phenoxy) is 1. The number of nitrogens with zero attached hydrogens (tertiary/aromatic N) is 1. The van der Waals surface area contributed by atoms with E-state index >= 15 is 0 Å². The molecule has 0 aliphatic carbocycles. The van der Waals surface area contributed by atoms with Gasteiger partial charge in [0.1, 0.15) is 6.10 Å². The second-order valence-corrected chi connectivity index (χ2v) is 6.30. The minimum Gasteiger partial charge on any atom is -0.371 e. The minimum absolute atomic E-state index is 0.0339. The van der Waals surface area contributed by atoms with E-state index in [1.165, 1.54) is 0 Å². The summed E-state index contributed by atoms with van der Waals surface area (Å²) in [5, 5.41) is 9.78. The average Bonchev–Trinajstić information content (AvgIpc) is 3.23. The zero-order valence-electron chi connectivity index (χ0n) is 14.0. The molecule has 1 aliphatic heterocycles. The van der Waals surface area contributed by atoms with Gasteiger partial charge in [0.15, 0.2) is 5.76 Å². The second kappa shape index (κ2) is 7.49. The van der Waals surface area contributed by atoms with Crippen molar-refractivity contribution in [1.29, 1.82) is 0 Å². The minimum atomic E-state index is -0.228. The van der Waals surface area contributed by atoms with Crippen molar-refractivity contribution in [2.45, 2.75) is 44.9 Å². The maximum atomic E-state index is 12.2. The van der Waals surface area contributed by atoms with Gasteiger partial charge in [0.2, 0.25) is 0 Å². The lowest BCUT2D eigenvalue weighted by Crippen LogP contribution is -2.43. The number of hydrogen-bond donors (Lipinski definition) is 2. The molecule has 1 aliphatic rings. The highest BCUT2D eigenvalue weighted by Crippen LogP contribution is 2.28. The number of aromatic nitrogens is 1. The van der Waals surface area contributed by atoms with Crippen LogP contribution in [0, 0.1) is 0 Å². The Morgan fingerprint density at radius 3 is 2.83 bits per heavy atom. The molecule has 0 spiro atoms. The number of hydrogen-bond acceptors (Lipinski definition) is 4. The van der Waals surface area contributed by atoms with Crippen molar-refractivity contribution < 1.29 is 14.1 Å². The lowest BCUT2D eigenvalue weighted by molar-refractivity contribution is 0.0999. The topological polar surface area (TPSA) is 76.4 Å². The monoisotopic (exact) mass is 329 g/mol. The Hall–Kier alpha value is -2.34. The van der Waals surface area contributed by atoms with Crippen LogP contribution in [0.2, 0.25) is 0 Å². The SMILES string of the molecule is CC(C)c1cc(CNC(=O)N[C@H]2CCO[C@H]2c2ccccc2)on1. The highest BCUT2D eigenvalue weighted by atomic mass is 16.5. The summed E-state index contributed by atoms with van der Waals surface area (Å²) in [6.07, 6.45) is 0.696. The maximum absolute atomic E-state index is 12.2. The van der Waals surface area contributed by atoms with E-state index in [0.29, 0.717) is 24.8 Å². The average molecular weight is 329 g/mol. The fourth-order valence-electron chi connectivity index (χ4n) is 2.78. The van der Waals surface area contributed by atoms with Crippen LogP contribution in [-0.2, 0) is 11.3 Å². The van der Waals surface area contributed by atoms with Gasteiger partial charge in [-0.05, 0) is 17.9 Å². The molecule has 2 amide bonds. The van der Waals surface area contributed by atoms with Crippen molar-refractivity contribution in [1.82, 2.24) is 15.8 Å². The first-order chi connectivity index (χ1) is 11.6. The second-order valence-electron chi connectivity index (χ2n) is 6.30. The number of carbonyl (C=O) groups excluding carboxylic acids is 1. The largest absolute Gasteiger partial charge is 0.371 e. The molecule has 6 nitrogen and oxygen atoms in total. The van der Waals surface area contributed by atoms with Gasteiger partial charge in [-0.3, -0.25) is 0 Å². The number of carbonyl (C=O) groups is 1. The first-order valence-corrected chi connectivity index (χ1v) is 8.30. The van der Waals surface area contributed by atoms with Gasteiger partial charge in [0, 0.05) is 12.7 Å². The first kappa shape index (κ1) is 16.5. The van der Waals surface area contributed by atoms with Crippen LogP contribution >= 0.6 is 0 Å². The van der Waals surface area contributed by atoms with Crippen molar-refractivity contribution in [3.63, 3.8) is 0 Å². The summed E-state index contributed by atoms with van der Waals surface area (Å²) < 4.78 is 11.0. The summed E-state index contributed by atoms with van der Waals surface area (Å²) in [5.74, 6) is 0.953. The van der Waals surface area contributed by atoms with E-state index in [2.05, 4.69) is 15.8 Å². The molecule has 0 saturated carbocycles. The number of amides is 2. The van der Waals surface area contributed by atoms with Gasteiger partial charge < -0.3 is 19.9 Å². The van der Waals surface area contributed by atoms with Gasteiger partial charge in [0.25, 0.3) is 0 Å². The number of urea groups is 1. The van der Waals surface area contributed by atoms with E-state index in [0.717, 1.165) is 17.7 Å². The Morgan fingerprint density at radius 2 is 2.12 bits per heavy atom. The first-order valence-electron chi connectivity index (χ1n) is 8.30. The summed E-state index contributed by atoms with van der Waals surface area (Å²) in [5.41, 5.74) is 1.97. The van der Waals surface area contributed by atoms with Crippen LogP contribution in [0.1, 0.15) is 49.3 Å². The predicted molar refractivity (Wildman–Crippen MR) is 89.5 cm³/mol. The third kappa shape index (κ3) is 3.94.